The molecule has 2 aliphatic rings. The first-order chi connectivity index (χ1) is 15.6. The number of aliphatic imine (C=N–C) groups is 1. The SMILES string of the molecule is COc1cc(N2CC3=CC(c4ccc(Cl)cc4)N=C3C2=O)ccc1OCC(C)OS(C)(=O)=O. The molecule has 2 heterocycles. The Balaban J connectivity index is 1.47. The maximum atomic E-state index is 13.0. The van der Waals surface area contributed by atoms with Crippen molar-refractivity contribution in [1.29, 1.82) is 0 Å². The van der Waals surface area contributed by atoms with Gasteiger partial charge < -0.3 is 14.4 Å². The predicted octanol–water partition coefficient (Wildman–Crippen LogP) is 3.56. The largest absolute Gasteiger partial charge is 0.493 e. The number of carbonyl (C=O) groups excluding carboxylic acids is 1. The van der Waals surface area contributed by atoms with Crippen molar-refractivity contribution in [2.75, 3.05) is 31.4 Å². The number of amides is 1. The van der Waals surface area contributed by atoms with Crippen LogP contribution in [0.1, 0.15) is 18.5 Å². The molecule has 8 nitrogen and oxygen atoms in total. The molecule has 0 saturated carbocycles. The van der Waals surface area contributed by atoms with E-state index < -0.39 is 16.2 Å². The van der Waals surface area contributed by atoms with Crippen LogP contribution in [0.3, 0.4) is 0 Å². The van der Waals surface area contributed by atoms with Crippen molar-refractivity contribution >= 4 is 39.0 Å². The number of methoxy groups -OCH3 is 1. The molecule has 2 aromatic rings. The van der Waals surface area contributed by atoms with Gasteiger partial charge in [-0.3, -0.25) is 14.0 Å². The van der Waals surface area contributed by atoms with Gasteiger partial charge >= 0.3 is 0 Å². The van der Waals surface area contributed by atoms with Gasteiger partial charge in [-0.1, -0.05) is 23.7 Å². The number of hydrogen-bond donors (Lipinski definition) is 0. The zero-order valence-corrected chi connectivity index (χ0v) is 19.9. The van der Waals surface area contributed by atoms with E-state index in [2.05, 4.69) is 4.99 Å². The zero-order chi connectivity index (χ0) is 23.8. The Kier molecular flexibility index (Phi) is 6.47. The van der Waals surface area contributed by atoms with E-state index in [4.69, 9.17) is 25.3 Å². The van der Waals surface area contributed by atoms with Crippen molar-refractivity contribution in [2.45, 2.75) is 19.1 Å². The molecule has 2 atom stereocenters. The van der Waals surface area contributed by atoms with Crippen molar-refractivity contribution in [3.05, 3.63) is 64.7 Å². The number of benzene rings is 2. The van der Waals surface area contributed by atoms with Gasteiger partial charge in [0.2, 0.25) is 0 Å². The summed E-state index contributed by atoms with van der Waals surface area (Å²) >= 11 is 5.96. The van der Waals surface area contributed by atoms with Gasteiger partial charge in [0.15, 0.2) is 11.5 Å². The van der Waals surface area contributed by atoms with E-state index in [0.29, 0.717) is 34.5 Å². The van der Waals surface area contributed by atoms with Crippen LogP contribution in [0.4, 0.5) is 5.69 Å². The molecule has 0 N–H and O–H groups in total. The molecule has 1 saturated heterocycles. The van der Waals surface area contributed by atoms with Gasteiger partial charge in [0.1, 0.15) is 18.4 Å². The molecule has 0 bridgehead atoms. The quantitative estimate of drug-likeness (QED) is 0.525. The van der Waals surface area contributed by atoms with E-state index in [-0.39, 0.29) is 18.6 Å². The Morgan fingerprint density at radius 2 is 1.91 bits per heavy atom. The maximum absolute atomic E-state index is 13.0. The van der Waals surface area contributed by atoms with Gasteiger partial charge in [0.25, 0.3) is 16.0 Å². The summed E-state index contributed by atoms with van der Waals surface area (Å²) in [6.07, 6.45) is 2.31. The number of ether oxygens (including phenoxy) is 2. The van der Waals surface area contributed by atoms with Crippen molar-refractivity contribution in [3.8, 4) is 11.5 Å². The van der Waals surface area contributed by atoms with E-state index in [1.165, 1.54) is 7.11 Å². The van der Waals surface area contributed by atoms with E-state index in [1.807, 2.05) is 30.3 Å². The summed E-state index contributed by atoms with van der Waals surface area (Å²) in [4.78, 5) is 19.3. The summed E-state index contributed by atoms with van der Waals surface area (Å²) in [5.41, 5.74) is 2.96. The molecule has 2 aliphatic heterocycles. The summed E-state index contributed by atoms with van der Waals surface area (Å²) < 4.78 is 38.4. The average molecular weight is 491 g/mol. The van der Waals surface area contributed by atoms with E-state index in [9.17, 15) is 13.2 Å². The lowest BCUT2D eigenvalue weighted by Gasteiger charge is -2.19. The lowest BCUT2D eigenvalue weighted by Crippen LogP contribution is -2.27. The van der Waals surface area contributed by atoms with E-state index in [1.54, 1.807) is 30.0 Å². The molecule has 33 heavy (non-hydrogen) atoms. The van der Waals surface area contributed by atoms with E-state index in [0.717, 1.165) is 17.4 Å². The molecule has 1 amide bonds. The number of rotatable bonds is 8. The van der Waals surface area contributed by atoms with Crippen LogP contribution < -0.4 is 14.4 Å². The molecule has 2 aromatic carbocycles. The lowest BCUT2D eigenvalue weighted by atomic mass is 10.1. The predicted molar refractivity (Wildman–Crippen MR) is 126 cm³/mol. The fourth-order valence-electron chi connectivity index (χ4n) is 3.73. The topological polar surface area (TPSA) is 94.5 Å². The second-order valence-electron chi connectivity index (χ2n) is 7.81. The highest BCUT2D eigenvalue weighted by Gasteiger charge is 2.37. The van der Waals surface area contributed by atoms with Crippen LogP contribution in [0, 0.1) is 0 Å². The Morgan fingerprint density at radius 3 is 2.55 bits per heavy atom. The fraction of sp³-hybridized carbons (Fsp3) is 0.304. The number of anilines is 1. The molecular formula is C23H23ClN2O6S. The Morgan fingerprint density at radius 1 is 1.18 bits per heavy atom. The van der Waals surface area contributed by atoms with Crippen LogP contribution in [-0.4, -0.2) is 52.7 Å². The number of fused-ring (bicyclic) bond motifs is 1. The highest BCUT2D eigenvalue weighted by molar-refractivity contribution is 7.86. The molecule has 0 radical (unpaired) electrons. The van der Waals surface area contributed by atoms with Crippen LogP contribution >= 0.6 is 11.6 Å². The minimum Gasteiger partial charge on any atom is -0.493 e. The summed E-state index contributed by atoms with van der Waals surface area (Å²) in [5.74, 6) is 0.652. The third kappa shape index (κ3) is 5.21. The van der Waals surface area contributed by atoms with Crippen molar-refractivity contribution in [3.63, 3.8) is 0 Å². The van der Waals surface area contributed by atoms with Crippen molar-refractivity contribution in [2.24, 2.45) is 4.99 Å². The maximum Gasteiger partial charge on any atom is 0.277 e. The first kappa shape index (κ1) is 23.3. The highest BCUT2D eigenvalue weighted by Crippen LogP contribution is 2.37. The Hall–Kier alpha value is -2.88. The standard InChI is InChI=1S/C23H23ClN2O6S/c1-14(32-33(3,28)29)13-31-20-9-8-18(11-21(20)30-2)26-12-16-10-19(25-22(16)23(26)27)15-4-6-17(24)7-5-15/h4-11,14,19H,12-13H2,1-3H3. The summed E-state index contributed by atoms with van der Waals surface area (Å²) in [5, 5.41) is 0.651. The van der Waals surface area contributed by atoms with Crippen LogP contribution in [0.2, 0.25) is 5.02 Å². The zero-order valence-electron chi connectivity index (χ0n) is 18.3. The highest BCUT2D eigenvalue weighted by atomic mass is 35.5. The molecular weight excluding hydrogens is 468 g/mol. The van der Waals surface area contributed by atoms with Crippen molar-refractivity contribution < 1.29 is 26.9 Å². The molecule has 1 fully saturated rings. The lowest BCUT2D eigenvalue weighted by molar-refractivity contribution is -0.111. The van der Waals surface area contributed by atoms with Crippen LogP contribution in [-0.2, 0) is 19.1 Å². The first-order valence-electron chi connectivity index (χ1n) is 10.2. The number of halogens is 1. The average Bonchev–Trinajstić information content (AvgIpc) is 3.31. The fourth-order valence-corrected chi connectivity index (χ4v) is 4.51. The third-order valence-electron chi connectivity index (χ3n) is 5.19. The van der Waals surface area contributed by atoms with Gasteiger partial charge in [-0.15, -0.1) is 0 Å². The summed E-state index contributed by atoms with van der Waals surface area (Å²) in [7, 11) is -2.08. The third-order valence-corrected chi connectivity index (χ3v) is 6.12. The monoisotopic (exact) mass is 490 g/mol. The number of nitrogens with zero attached hydrogens (tertiary/aromatic N) is 2. The van der Waals surface area contributed by atoms with Crippen LogP contribution in [0.15, 0.2) is 59.1 Å². The number of hydrogen-bond acceptors (Lipinski definition) is 7. The minimum atomic E-state index is -3.58. The Bertz CT molecular complexity index is 1240. The van der Waals surface area contributed by atoms with Crippen LogP contribution in [0.25, 0.3) is 0 Å². The molecule has 4 rings (SSSR count). The molecule has 0 aromatic heterocycles. The number of carbonyl (C=O) groups is 1. The van der Waals surface area contributed by atoms with Gasteiger partial charge in [-0.25, -0.2) is 0 Å². The first-order valence-corrected chi connectivity index (χ1v) is 12.4. The summed E-state index contributed by atoms with van der Waals surface area (Å²) in [6, 6.07) is 12.4. The van der Waals surface area contributed by atoms with E-state index >= 15 is 0 Å². The van der Waals surface area contributed by atoms with Gasteiger partial charge in [0.05, 0.1) is 26.0 Å². The smallest absolute Gasteiger partial charge is 0.277 e. The van der Waals surface area contributed by atoms with Gasteiger partial charge in [0, 0.05) is 22.3 Å². The second kappa shape index (κ2) is 9.17. The summed E-state index contributed by atoms with van der Waals surface area (Å²) in [6.45, 7) is 2.01. The Labute approximate surface area is 197 Å². The molecule has 174 valence electrons. The van der Waals surface area contributed by atoms with Gasteiger partial charge in [-0.2, -0.15) is 8.42 Å². The molecule has 10 heteroatoms. The van der Waals surface area contributed by atoms with Crippen molar-refractivity contribution in [1.82, 2.24) is 0 Å². The minimum absolute atomic E-state index is 0.0151. The second-order valence-corrected chi connectivity index (χ2v) is 9.85. The normalized spacial score (nSPS) is 18.6. The van der Waals surface area contributed by atoms with Gasteiger partial charge in [-0.05, 0) is 42.8 Å². The van der Waals surface area contributed by atoms with Crippen LogP contribution in [0.5, 0.6) is 11.5 Å². The molecule has 0 aliphatic carbocycles. The molecule has 2 unspecified atom stereocenters. The molecule has 0 spiro atoms.